The van der Waals surface area contributed by atoms with Gasteiger partial charge in [0.1, 0.15) is 6.04 Å². The van der Waals surface area contributed by atoms with Crippen LogP contribution in [0.1, 0.15) is 52.4 Å². The minimum Gasteiger partial charge on any atom is -0.393 e. The zero-order chi connectivity index (χ0) is 15.5. The van der Waals surface area contributed by atoms with Crippen LogP contribution in [0.4, 0.5) is 0 Å². The maximum atomic E-state index is 11.4. The third kappa shape index (κ3) is 8.36. The van der Waals surface area contributed by atoms with Gasteiger partial charge in [-0.25, -0.2) is 4.79 Å². The minimum atomic E-state index is -1.09. The fourth-order valence-electron chi connectivity index (χ4n) is 1.27. The van der Waals surface area contributed by atoms with Crippen molar-refractivity contribution in [1.82, 2.24) is 0 Å². The first-order chi connectivity index (χ1) is 9.40. The molecule has 0 aliphatic carbocycles. The second kappa shape index (κ2) is 10.1. The van der Waals surface area contributed by atoms with Crippen molar-refractivity contribution in [3.8, 4) is 0 Å². The molecule has 1 atom stereocenters. The zero-order valence-electron chi connectivity index (χ0n) is 11.8. The average molecular weight is 287 g/mol. The van der Waals surface area contributed by atoms with Gasteiger partial charge in [-0.1, -0.05) is 13.8 Å². The Morgan fingerprint density at radius 1 is 0.850 bits per heavy atom. The van der Waals surface area contributed by atoms with Crippen molar-refractivity contribution in [2.75, 3.05) is 0 Å². The van der Waals surface area contributed by atoms with E-state index < -0.39 is 29.9 Å². The summed E-state index contributed by atoms with van der Waals surface area (Å²) in [5.41, 5.74) is 5.48. The molecule has 0 amide bonds. The number of carbonyl (C=O) groups excluding carboxylic acids is 4. The molecule has 0 aromatic carbocycles. The Bertz CT molecular complexity index is 366. The Labute approximate surface area is 117 Å². The molecule has 0 aromatic rings. The summed E-state index contributed by atoms with van der Waals surface area (Å²) in [6.45, 7) is 3.56. The molecule has 0 rings (SSSR count). The fourth-order valence-corrected chi connectivity index (χ4v) is 1.27. The topological polar surface area (TPSA) is 113 Å². The minimum absolute atomic E-state index is 0.0452. The number of ether oxygens (including phenoxy) is 2. The summed E-state index contributed by atoms with van der Waals surface area (Å²) in [5.74, 6) is -2.87. The molecular weight excluding hydrogens is 266 g/mol. The fraction of sp³-hybridized carbons (Fsp3) is 0.692. The lowest BCUT2D eigenvalue weighted by Crippen LogP contribution is -2.34. The largest absolute Gasteiger partial charge is 0.393 e. The van der Waals surface area contributed by atoms with E-state index in [0.717, 1.165) is 0 Å². The highest BCUT2D eigenvalue weighted by Crippen LogP contribution is 2.02. The van der Waals surface area contributed by atoms with Crippen LogP contribution in [0.25, 0.3) is 0 Å². The summed E-state index contributed by atoms with van der Waals surface area (Å²) in [4.78, 5) is 44.8. The predicted octanol–water partition coefficient (Wildman–Crippen LogP) is 0.834. The van der Waals surface area contributed by atoms with E-state index in [0.29, 0.717) is 12.8 Å². The van der Waals surface area contributed by atoms with Gasteiger partial charge in [0.05, 0.1) is 0 Å². The van der Waals surface area contributed by atoms with Crippen LogP contribution in [-0.4, -0.2) is 29.9 Å². The highest BCUT2D eigenvalue weighted by atomic mass is 16.6. The number of carbonyl (C=O) groups is 4. The number of nitrogens with two attached hydrogens (primary N) is 1. The van der Waals surface area contributed by atoms with E-state index in [1.165, 1.54) is 0 Å². The van der Waals surface area contributed by atoms with Crippen LogP contribution in [0.5, 0.6) is 0 Å². The van der Waals surface area contributed by atoms with Crippen molar-refractivity contribution >= 4 is 23.9 Å². The molecule has 0 saturated heterocycles. The summed E-state index contributed by atoms with van der Waals surface area (Å²) in [6, 6.07) is -1.09. The van der Waals surface area contributed by atoms with Gasteiger partial charge in [-0.3, -0.25) is 14.4 Å². The van der Waals surface area contributed by atoms with Gasteiger partial charge < -0.3 is 15.2 Å². The van der Waals surface area contributed by atoms with Gasteiger partial charge in [0.25, 0.3) is 0 Å². The van der Waals surface area contributed by atoms with E-state index in [9.17, 15) is 19.2 Å². The summed E-state index contributed by atoms with van der Waals surface area (Å²) in [7, 11) is 0. The second-order valence-corrected chi connectivity index (χ2v) is 4.28. The molecule has 20 heavy (non-hydrogen) atoms. The van der Waals surface area contributed by atoms with Crippen LogP contribution in [-0.2, 0) is 28.7 Å². The van der Waals surface area contributed by atoms with Gasteiger partial charge in [-0.2, -0.15) is 0 Å². The lowest BCUT2D eigenvalue weighted by molar-refractivity contribution is -0.160. The third-order valence-electron chi connectivity index (χ3n) is 2.31. The van der Waals surface area contributed by atoms with Gasteiger partial charge in [0.15, 0.2) is 0 Å². The van der Waals surface area contributed by atoms with Crippen LogP contribution < -0.4 is 5.73 Å². The molecule has 114 valence electrons. The van der Waals surface area contributed by atoms with Crippen LogP contribution in [0.3, 0.4) is 0 Å². The number of hydrogen-bond acceptors (Lipinski definition) is 7. The first-order valence-corrected chi connectivity index (χ1v) is 6.64. The predicted molar refractivity (Wildman–Crippen MR) is 69.2 cm³/mol. The Hall–Kier alpha value is -1.76. The monoisotopic (exact) mass is 287 g/mol. The number of hydrogen-bond donors (Lipinski definition) is 1. The molecule has 0 saturated carbocycles. The highest BCUT2D eigenvalue weighted by Gasteiger charge is 2.20. The summed E-state index contributed by atoms with van der Waals surface area (Å²) in [6.07, 6.45) is 1.20. The van der Waals surface area contributed by atoms with Crippen LogP contribution >= 0.6 is 0 Å². The van der Waals surface area contributed by atoms with Gasteiger partial charge >= 0.3 is 23.9 Å². The van der Waals surface area contributed by atoms with Crippen LogP contribution in [0, 0.1) is 0 Å². The molecule has 0 spiro atoms. The molecular formula is C13H21NO6. The van der Waals surface area contributed by atoms with E-state index in [4.69, 9.17) is 5.73 Å². The maximum absolute atomic E-state index is 11.4. The van der Waals surface area contributed by atoms with Crippen molar-refractivity contribution in [3.05, 3.63) is 0 Å². The van der Waals surface area contributed by atoms with Crippen molar-refractivity contribution in [1.29, 1.82) is 0 Å². The number of rotatable bonds is 8. The van der Waals surface area contributed by atoms with Crippen molar-refractivity contribution in [2.24, 2.45) is 5.73 Å². The Kier molecular flexibility index (Phi) is 9.19. The standard InChI is InChI=1S/C13H21NO6/c1-3-5-10(15)19-12(17)8-7-9(14)13(18)20-11(16)6-4-2/h9H,3-8,14H2,1-2H3/t9-/m0/s1. The van der Waals surface area contributed by atoms with Crippen LogP contribution in [0.15, 0.2) is 0 Å². The molecule has 0 fully saturated rings. The van der Waals surface area contributed by atoms with E-state index in [1.807, 2.05) is 0 Å². The van der Waals surface area contributed by atoms with Gasteiger partial charge in [0.2, 0.25) is 0 Å². The van der Waals surface area contributed by atoms with Crippen LogP contribution in [0.2, 0.25) is 0 Å². The molecule has 7 nitrogen and oxygen atoms in total. The summed E-state index contributed by atoms with van der Waals surface area (Å²) >= 11 is 0. The first kappa shape index (κ1) is 18.2. The SMILES string of the molecule is CCCC(=O)OC(=O)CC[C@H](N)C(=O)OC(=O)CCC. The van der Waals surface area contributed by atoms with E-state index >= 15 is 0 Å². The Morgan fingerprint density at radius 3 is 1.80 bits per heavy atom. The molecule has 0 aliphatic heterocycles. The van der Waals surface area contributed by atoms with E-state index in [2.05, 4.69) is 9.47 Å². The van der Waals surface area contributed by atoms with Crippen molar-refractivity contribution in [3.63, 3.8) is 0 Å². The van der Waals surface area contributed by atoms with Gasteiger partial charge in [0, 0.05) is 19.3 Å². The lowest BCUT2D eigenvalue weighted by atomic mass is 10.2. The quantitative estimate of drug-likeness (QED) is 0.519. The van der Waals surface area contributed by atoms with Gasteiger partial charge in [-0.05, 0) is 19.3 Å². The normalized spacial score (nSPS) is 11.6. The van der Waals surface area contributed by atoms with E-state index in [-0.39, 0.29) is 25.7 Å². The average Bonchev–Trinajstić information content (AvgIpc) is 2.36. The number of esters is 4. The molecule has 7 heteroatoms. The third-order valence-corrected chi connectivity index (χ3v) is 2.31. The Balaban J connectivity index is 3.99. The molecule has 0 bridgehead atoms. The van der Waals surface area contributed by atoms with Crippen molar-refractivity contribution < 1.29 is 28.7 Å². The van der Waals surface area contributed by atoms with Crippen molar-refractivity contribution in [2.45, 2.75) is 58.4 Å². The lowest BCUT2D eigenvalue weighted by Gasteiger charge is -2.09. The molecule has 2 N–H and O–H groups in total. The highest BCUT2D eigenvalue weighted by molar-refractivity contribution is 5.89. The molecule has 0 aliphatic rings. The smallest absolute Gasteiger partial charge is 0.330 e. The first-order valence-electron chi connectivity index (χ1n) is 6.64. The summed E-state index contributed by atoms with van der Waals surface area (Å²) in [5, 5.41) is 0. The maximum Gasteiger partial charge on any atom is 0.330 e. The molecule has 0 radical (unpaired) electrons. The molecule has 0 aromatic heterocycles. The van der Waals surface area contributed by atoms with E-state index in [1.54, 1.807) is 13.8 Å². The zero-order valence-corrected chi connectivity index (χ0v) is 11.8. The Morgan fingerprint density at radius 2 is 1.30 bits per heavy atom. The summed E-state index contributed by atoms with van der Waals surface area (Å²) < 4.78 is 8.97. The second-order valence-electron chi connectivity index (χ2n) is 4.28. The molecule has 0 unspecified atom stereocenters. The van der Waals surface area contributed by atoms with Gasteiger partial charge in [-0.15, -0.1) is 0 Å². The molecule has 0 heterocycles.